The molecule has 3 aromatic heterocycles. The zero-order chi connectivity index (χ0) is 21.3. The molecule has 0 saturated carbocycles. The highest BCUT2D eigenvalue weighted by Crippen LogP contribution is 2.36. The number of nitrogens with zero attached hydrogens (tertiary/aromatic N) is 3. The molecule has 3 aromatic rings. The van der Waals surface area contributed by atoms with Crippen molar-refractivity contribution in [1.29, 1.82) is 0 Å². The summed E-state index contributed by atoms with van der Waals surface area (Å²) in [6.07, 6.45) is 1.99. The third kappa shape index (κ3) is 4.66. The van der Waals surface area contributed by atoms with Crippen molar-refractivity contribution in [1.82, 2.24) is 20.2 Å². The molecule has 0 aliphatic carbocycles. The maximum atomic E-state index is 12.0. The molecule has 1 aliphatic heterocycles. The van der Waals surface area contributed by atoms with E-state index in [1.165, 1.54) is 10.4 Å². The van der Waals surface area contributed by atoms with Crippen molar-refractivity contribution in [2.75, 3.05) is 25.0 Å². The van der Waals surface area contributed by atoms with Gasteiger partial charge in [-0.25, -0.2) is 9.97 Å². The first-order chi connectivity index (χ1) is 14.4. The average molecular weight is 444 g/mol. The summed E-state index contributed by atoms with van der Waals surface area (Å²) in [6, 6.07) is 4.65. The zero-order valence-electron chi connectivity index (χ0n) is 18.0. The molecule has 1 amide bonds. The molecular formula is C22H29N5OS2. The number of fused-ring (bicyclic) bond motifs is 1. The summed E-state index contributed by atoms with van der Waals surface area (Å²) in [5, 5.41) is 9.91. The van der Waals surface area contributed by atoms with E-state index in [9.17, 15) is 4.79 Å². The van der Waals surface area contributed by atoms with Crippen LogP contribution in [0.2, 0.25) is 0 Å². The molecule has 0 unspecified atom stereocenters. The van der Waals surface area contributed by atoms with Crippen molar-refractivity contribution < 1.29 is 4.79 Å². The standard InChI is InChI=1S/C22H29N5OS2/c1-13(2)23-18(28)12-27-9-7-16(8-10-27)24-21-19-14(3)15(4)30-22(19)26-20(25-21)17-6-5-11-29-17/h5-6,11,13,16H,7-10,12H2,1-4H3,(H,23,28)(H,24,25,26). The number of aryl methyl sites for hydroxylation is 2. The van der Waals surface area contributed by atoms with Crippen LogP contribution in [-0.4, -0.2) is 52.5 Å². The van der Waals surface area contributed by atoms with Crippen LogP contribution in [0.5, 0.6) is 0 Å². The maximum Gasteiger partial charge on any atom is 0.234 e. The fraction of sp³-hybridized carbons (Fsp3) is 0.500. The Balaban J connectivity index is 1.49. The predicted octanol–water partition coefficient (Wildman–Crippen LogP) is 4.44. The highest BCUT2D eigenvalue weighted by molar-refractivity contribution is 7.19. The number of hydrogen-bond donors (Lipinski definition) is 2. The fourth-order valence-corrected chi connectivity index (χ4v) is 5.56. The van der Waals surface area contributed by atoms with Crippen LogP contribution in [0.1, 0.15) is 37.1 Å². The van der Waals surface area contributed by atoms with Gasteiger partial charge in [0, 0.05) is 30.1 Å². The molecule has 1 saturated heterocycles. The molecule has 160 valence electrons. The summed E-state index contributed by atoms with van der Waals surface area (Å²) in [5.41, 5.74) is 1.26. The molecule has 0 bridgehead atoms. The Kier molecular flexibility index (Phi) is 6.36. The first-order valence-electron chi connectivity index (χ1n) is 10.5. The van der Waals surface area contributed by atoms with Crippen LogP contribution < -0.4 is 10.6 Å². The fourth-order valence-electron chi connectivity index (χ4n) is 3.87. The van der Waals surface area contributed by atoms with E-state index in [2.05, 4.69) is 40.8 Å². The summed E-state index contributed by atoms with van der Waals surface area (Å²) >= 11 is 3.41. The Hall–Kier alpha value is -2.03. The average Bonchev–Trinajstić information content (AvgIpc) is 3.31. The number of likely N-dealkylation sites (tertiary alicyclic amines) is 1. The van der Waals surface area contributed by atoms with Gasteiger partial charge in [-0.1, -0.05) is 6.07 Å². The van der Waals surface area contributed by atoms with Gasteiger partial charge in [-0.3, -0.25) is 9.69 Å². The highest BCUT2D eigenvalue weighted by atomic mass is 32.1. The number of anilines is 1. The van der Waals surface area contributed by atoms with Gasteiger partial charge in [-0.05, 0) is 57.5 Å². The number of aromatic nitrogens is 2. The first kappa shape index (κ1) is 21.2. The topological polar surface area (TPSA) is 70.2 Å². The van der Waals surface area contributed by atoms with Crippen LogP contribution in [-0.2, 0) is 4.79 Å². The van der Waals surface area contributed by atoms with Gasteiger partial charge in [0.25, 0.3) is 0 Å². The second-order valence-corrected chi connectivity index (χ2v) is 10.4. The quantitative estimate of drug-likeness (QED) is 0.589. The van der Waals surface area contributed by atoms with Crippen molar-refractivity contribution in [3.63, 3.8) is 0 Å². The minimum atomic E-state index is 0.110. The van der Waals surface area contributed by atoms with Crippen LogP contribution in [0.4, 0.5) is 5.82 Å². The minimum absolute atomic E-state index is 0.110. The third-order valence-corrected chi connectivity index (χ3v) is 7.48. The van der Waals surface area contributed by atoms with Crippen LogP contribution in [0.25, 0.3) is 20.9 Å². The maximum absolute atomic E-state index is 12.0. The number of hydrogen-bond acceptors (Lipinski definition) is 7. The molecule has 6 nitrogen and oxygen atoms in total. The van der Waals surface area contributed by atoms with E-state index in [-0.39, 0.29) is 11.9 Å². The van der Waals surface area contributed by atoms with Gasteiger partial charge in [0.1, 0.15) is 10.6 Å². The van der Waals surface area contributed by atoms with E-state index in [0.29, 0.717) is 12.6 Å². The number of amides is 1. The van der Waals surface area contributed by atoms with Crippen LogP contribution >= 0.6 is 22.7 Å². The molecule has 0 aromatic carbocycles. The summed E-state index contributed by atoms with van der Waals surface area (Å²) in [5.74, 6) is 1.85. The molecule has 1 aliphatic rings. The molecule has 2 N–H and O–H groups in total. The van der Waals surface area contributed by atoms with E-state index in [1.54, 1.807) is 22.7 Å². The largest absolute Gasteiger partial charge is 0.367 e. The molecule has 30 heavy (non-hydrogen) atoms. The SMILES string of the molecule is Cc1sc2nc(-c3cccs3)nc(NC3CCN(CC(=O)NC(C)C)CC3)c2c1C. The Morgan fingerprint density at radius 2 is 2.03 bits per heavy atom. The summed E-state index contributed by atoms with van der Waals surface area (Å²) < 4.78 is 0. The summed E-state index contributed by atoms with van der Waals surface area (Å²) in [6.45, 7) is 10.6. The third-order valence-electron chi connectivity index (χ3n) is 5.52. The van der Waals surface area contributed by atoms with Crippen LogP contribution in [0.15, 0.2) is 17.5 Å². The number of thiophene rings is 2. The Morgan fingerprint density at radius 1 is 1.27 bits per heavy atom. The molecule has 0 spiro atoms. The number of carbonyl (C=O) groups excluding carboxylic acids is 1. The summed E-state index contributed by atoms with van der Waals surface area (Å²) in [7, 11) is 0. The molecule has 0 radical (unpaired) electrons. The minimum Gasteiger partial charge on any atom is -0.367 e. The lowest BCUT2D eigenvalue weighted by atomic mass is 10.0. The van der Waals surface area contributed by atoms with Crippen molar-refractivity contribution >= 4 is 44.6 Å². The first-order valence-corrected chi connectivity index (χ1v) is 12.2. The number of rotatable bonds is 6. The summed E-state index contributed by atoms with van der Waals surface area (Å²) in [4.78, 5) is 27.5. The smallest absolute Gasteiger partial charge is 0.234 e. The number of nitrogens with one attached hydrogen (secondary N) is 2. The van der Waals surface area contributed by atoms with E-state index in [4.69, 9.17) is 9.97 Å². The molecule has 4 rings (SSSR count). The lowest BCUT2D eigenvalue weighted by Gasteiger charge is -2.32. The van der Waals surface area contributed by atoms with Gasteiger partial charge in [-0.15, -0.1) is 22.7 Å². The molecule has 1 fully saturated rings. The van der Waals surface area contributed by atoms with Gasteiger partial charge in [0.15, 0.2) is 5.82 Å². The van der Waals surface area contributed by atoms with Gasteiger partial charge in [-0.2, -0.15) is 0 Å². The van der Waals surface area contributed by atoms with Crippen molar-refractivity contribution in [3.8, 4) is 10.7 Å². The Bertz CT molecular complexity index is 1020. The van der Waals surface area contributed by atoms with E-state index < -0.39 is 0 Å². The number of carbonyl (C=O) groups is 1. The molecule has 0 atom stereocenters. The molecular weight excluding hydrogens is 414 g/mol. The van der Waals surface area contributed by atoms with Crippen molar-refractivity contribution in [2.24, 2.45) is 0 Å². The highest BCUT2D eigenvalue weighted by Gasteiger charge is 2.23. The van der Waals surface area contributed by atoms with Gasteiger partial charge >= 0.3 is 0 Å². The second kappa shape index (κ2) is 8.99. The van der Waals surface area contributed by atoms with Crippen molar-refractivity contribution in [2.45, 2.75) is 52.6 Å². The predicted molar refractivity (Wildman–Crippen MR) is 127 cm³/mol. The van der Waals surface area contributed by atoms with E-state index in [1.807, 2.05) is 19.9 Å². The normalized spacial score (nSPS) is 15.8. The number of piperidine rings is 1. The Labute approximate surface area is 185 Å². The van der Waals surface area contributed by atoms with Crippen LogP contribution in [0, 0.1) is 13.8 Å². The molecule has 8 heteroatoms. The van der Waals surface area contributed by atoms with Gasteiger partial charge in [0.2, 0.25) is 5.91 Å². The van der Waals surface area contributed by atoms with Gasteiger partial charge in [0.05, 0.1) is 16.8 Å². The Morgan fingerprint density at radius 3 is 2.70 bits per heavy atom. The molecule has 4 heterocycles. The lowest BCUT2D eigenvalue weighted by molar-refractivity contribution is -0.123. The van der Waals surface area contributed by atoms with E-state index >= 15 is 0 Å². The zero-order valence-corrected chi connectivity index (χ0v) is 19.6. The van der Waals surface area contributed by atoms with E-state index in [0.717, 1.165) is 52.7 Å². The van der Waals surface area contributed by atoms with Crippen molar-refractivity contribution in [3.05, 3.63) is 28.0 Å². The second-order valence-electron chi connectivity index (χ2n) is 8.25. The van der Waals surface area contributed by atoms with Gasteiger partial charge < -0.3 is 10.6 Å². The lowest BCUT2D eigenvalue weighted by Crippen LogP contribution is -2.45. The monoisotopic (exact) mass is 443 g/mol. The van der Waals surface area contributed by atoms with Crippen LogP contribution in [0.3, 0.4) is 0 Å².